The van der Waals surface area contributed by atoms with Crippen LogP contribution in [0, 0.1) is 0 Å². The Morgan fingerprint density at radius 3 is 1.79 bits per heavy atom. The highest BCUT2D eigenvalue weighted by Crippen LogP contribution is 2.19. The van der Waals surface area contributed by atoms with Gasteiger partial charge in [0.2, 0.25) is 5.91 Å². The average Bonchev–Trinajstić information content (AvgIpc) is 2.89. The van der Waals surface area contributed by atoms with Crippen LogP contribution in [0.1, 0.15) is 16.7 Å². The third-order valence-corrected chi connectivity index (χ3v) is 5.76. The molecule has 1 heterocycles. The molecule has 5 heteroatoms. The molecule has 34 heavy (non-hydrogen) atoms. The molecule has 0 saturated carbocycles. The average molecular weight is 458 g/mol. The first-order chi connectivity index (χ1) is 16.8. The van der Waals surface area contributed by atoms with Crippen LogP contribution < -0.4 is 0 Å². The van der Waals surface area contributed by atoms with Gasteiger partial charge < -0.3 is 19.1 Å². The summed E-state index contributed by atoms with van der Waals surface area (Å²) in [5.74, 6) is -0.0452. The molecular weight excluding hydrogens is 426 g/mol. The molecular formula is C29H31NO4. The Morgan fingerprint density at radius 2 is 1.21 bits per heavy atom. The normalized spacial score (nSPS) is 17.8. The lowest BCUT2D eigenvalue weighted by atomic mass is 10.0. The molecule has 0 unspecified atom stereocenters. The van der Waals surface area contributed by atoms with Crippen molar-refractivity contribution in [3.05, 3.63) is 120 Å². The number of rotatable bonds is 12. The maximum Gasteiger partial charge on any atom is 0.246 e. The number of carbonyl (C=O) groups excluding carboxylic acids is 1. The Kier molecular flexibility index (Phi) is 9.03. The first-order valence-electron chi connectivity index (χ1n) is 11.7. The van der Waals surface area contributed by atoms with E-state index >= 15 is 0 Å². The molecule has 1 amide bonds. The highest BCUT2D eigenvalue weighted by Gasteiger charge is 2.33. The second-order valence-electron chi connectivity index (χ2n) is 8.26. The molecule has 0 fully saturated rings. The fourth-order valence-corrected chi connectivity index (χ4v) is 3.93. The highest BCUT2D eigenvalue weighted by atomic mass is 16.5. The summed E-state index contributed by atoms with van der Waals surface area (Å²) in [6.07, 6.45) is 3.19. The van der Waals surface area contributed by atoms with Crippen molar-refractivity contribution in [1.82, 2.24) is 4.90 Å². The Morgan fingerprint density at radius 1 is 0.676 bits per heavy atom. The van der Waals surface area contributed by atoms with Crippen molar-refractivity contribution in [3.8, 4) is 0 Å². The van der Waals surface area contributed by atoms with Gasteiger partial charge in [-0.1, -0.05) is 91.0 Å². The van der Waals surface area contributed by atoms with Gasteiger partial charge in [0.1, 0.15) is 0 Å². The van der Waals surface area contributed by atoms with Crippen LogP contribution in [0.15, 0.2) is 103 Å². The maximum atomic E-state index is 12.8. The van der Waals surface area contributed by atoms with E-state index in [0.717, 1.165) is 16.7 Å². The summed E-state index contributed by atoms with van der Waals surface area (Å²) in [5, 5.41) is 0. The number of amides is 1. The summed E-state index contributed by atoms with van der Waals surface area (Å²) in [5.41, 5.74) is 3.30. The van der Waals surface area contributed by atoms with E-state index in [0.29, 0.717) is 39.6 Å². The maximum absolute atomic E-state index is 12.8. The summed E-state index contributed by atoms with van der Waals surface area (Å²) in [6.45, 7) is 2.76. The van der Waals surface area contributed by atoms with Crippen LogP contribution in [-0.2, 0) is 38.8 Å². The first-order valence-corrected chi connectivity index (χ1v) is 11.7. The minimum absolute atomic E-state index is 0.0452. The summed E-state index contributed by atoms with van der Waals surface area (Å²) >= 11 is 0. The number of carbonyl (C=O) groups is 1. The largest absolute Gasteiger partial charge is 0.375 e. The summed E-state index contributed by atoms with van der Waals surface area (Å²) in [6, 6.07) is 29.9. The second kappa shape index (κ2) is 12.8. The van der Waals surface area contributed by atoms with Gasteiger partial charge in [0, 0.05) is 12.6 Å². The lowest BCUT2D eigenvalue weighted by Crippen LogP contribution is -2.53. The fourth-order valence-electron chi connectivity index (χ4n) is 3.93. The zero-order valence-corrected chi connectivity index (χ0v) is 19.3. The van der Waals surface area contributed by atoms with Crippen molar-refractivity contribution < 1.29 is 19.0 Å². The fraction of sp³-hybridized carbons (Fsp3) is 0.276. The van der Waals surface area contributed by atoms with E-state index in [9.17, 15) is 4.79 Å². The van der Waals surface area contributed by atoms with E-state index in [2.05, 4.69) is 0 Å². The van der Waals surface area contributed by atoms with Crippen molar-refractivity contribution in [2.45, 2.75) is 32.0 Å². The molecule has 0 N–H and O–H groups in total. The molecule has 0 aliphatic carbocycles. The van der Waals surface area contributed by atoms with Gasteiger partial charge in [-0.3, -0.25) is 4.79 Å². The van der Waals surface area contributed by atoms with Crippen LogP contribution in [0.3, 0.4) is 0 Å². The zero-order valence-electron chi connectivity index (χ0n) is 19.3. The van der Waals surface area contributed by atoms with E-state index in [1.54, 1.807) is 6.08 Å². The van der Waals surface area contributed by atoms with E-state index in [-0.39, 0.29) is 18.1 Å². The Bertz CT molecular complexity index is 1020. The molecule has 1 aliphatic rings. The summed E-state index contributed by atoms with van der Waals surface area (Å²) in [7, 11) is 0. The van der Waals surface area contributed by atoms with Crippen molar-refractivity contribution in [3.63, 3.8) is 0 Å². The third kappa shape index (κ3) is 7.12. The molecule has 4 rings (SSSR count). The lowest BCUT2D eigenvalue weighted by Gasteiger charge is -2.38. The number of ether oxygens (including phenoxy) is 3. The van der Waals surface area contributed by atoms with Crippen LogP contribution in [0.25, 0.3) is 0 Å². The SMILES string of the molecule is O=C1C=C[C@@H](OCc2ccccc2)[C@@H](COCc2ccccc2)N1CCOCc1ccccc1. The molecule has 0 aromatic heterocycles. The molecule has 0 spiro atoms. The Balaban J connectivity index is 1.37. The number of hydrogen-bond donors (Lipinski definition) is 0. The molecule has 176 valence electrons. The number of nitrogens with zero attached hydrogens (tertiary/aromatic N) is 1. The van der Waals surface area contributed by atoms with E-state index in [1.165, 1.54) is 0 Å². The van der Waals surface area contributed by atoms with E-state index in [1.807, 2.05) is 102 Å². The molecule has 2 atom stereocenters. The van der Waals surface area contributed by atoms with Gasteiger partial charge in [0.05, 0.1) is 45.2 Å². The minimum Gasteiger partial charge on any atom is -0.375 e. The van der Waals surface area contributed by atoms with Crippen molar-refractivity contribution in [2.75, 3.05) is 19.8 Å². The van der Waals surface area contributed by atoms with Gasteiger partial charge in [0.15, 0.2) is 0 Å². The van der Waals surface area contributed by atoms with Crippen LogP contribution in [-0.4, -0.2) is 42.7 Å². The predicted molar refractivity (Wildman–Crippen MR) is 132 cm³/mol. The molecule has 3 aromatic carbocycles. The topological polar surface area (TPSA) is 48.0 Å². The predicted octanol–water partition coefficient (Wildman–Crippen LogP) is 4.77. The Hall–Kier alpha value is -3.25. The van der Waals surface area contributed by atoms with Crippen molar-refractivity contribution in [2.24, 2.45) is 0 Å². The minimum atomic E-state index is -0.261. The van der Waals surface area contributed by atoms with E-state index < -0.39 is 0 Å². The van der Waals surface area contributed by atoms with Gasteiger partial charge in [-0.15, -0.1) is 0 Å². The number of benzene rings is 3. The molecule has 5 nitrogen and oxygen atoms in total. The highest BCUT2D eigenvalue weighted by molar-refractivity contribution is 5.89. The lowest BCUT2D eigenvalue weighted by molar-refractivity contribution is -0.137. The van der Waals surface area contributed by atoms with Crippen LogP contribution in [0.4, 0.5) is 0 Å². The standard InChI is InChI=1S/C29H31NO4/c31-29-17-16-28(34-22-26-14-8-3-9-15-26)27(23-33-21-25-12-6-2-7-13-25)30(29)18-19-32-20-24-10-4-1-5-11-24/h1-17,27-28H,18-23H2/t27-,28-/m1/s1. The first kappa shape index (κ1) is 23.9. The Labute approximate surface area is 201 Å². The van der Waals surface area contributed by atoms with Gasteiger partial charge in [0.25, 0.3) is 0 Å². The van der Waals surface area contributed by atoms with Gasteiger partial charge >= 0.3 is 0 Å². The number of hydrogen-bond acceptors (Lipinski definition) is 4. The van der Waals surface area contributed by atoms with Crippen LogP contribution in [0.2, 0.25) is 0 Å². The van der Waals surface area contributed by atoms with Gasteiger partial charge in [-0.05, 0) is 22.8 Å². The zero-order chi connectivity index (χ0) is 23.4. The smallest absolute Gasteiger partial charge is 0.246 e. The molecule has 1 aliphatic heterocycles. The summed E-state index contributed by atoms with van der Waals surface area (Å²) < 4.78 is 18.1. The van der Waals surface area contributed by atoms with E-state index in [4.69, 9.17) is 14.2 Å². The van der Waals surface area contributed by atoms with Gasteiger partial charge in [-0.25, -0.2) is 0 Å². The van der Waals surface area contributed by atoms with Gasteiger partial charge in [-0.2, -0.15) is 0 Å². The molecule has 0 saturated heterocycles. The van der Waals surface area contributed by atoms with Crippen LogP contribution in [0.5, 0.6) is 0 Å². The van der Waals surface area contributed by atoms with Crippen LogP contribution >= 0.6 is 0 Å². The summed E-state index contributed by atoms with van der Waals surface area (Å²) in [4.78, 5) is 14.6. The quantitative estimate of drug-likeness (QED) is 0.368. The molecule has 0 bridgehead atoms. The monoisotopic (exact) mass is 457 g/mol. The van der Waals surface area contributed by atoms with Crippen molar-refractivity contribution >= 4 is 5.91 Å². The second-order valence-corrected chi connectivity index (χ2v) is 8.26. The molecule has 3 aromatic rings. The van der Waals surface area contributed by atoms with Crippen molar-refractivity contribution in [1.29, 1.82) is 0 Å². The third-order valence-electron chi connectivity index (χ3n) is 5.76. The molecule has 0 radical (unpaired) electrons.